The van der Waals surface area contributed by atoms with Crippen molar-refractivity contribution in [3.05, 3.63) is 35.9 Å². The van der Waals surface area contributed by atoms with E-state index in [2.05, 4.69) is 39.9 Å². The first-order valence-corrected chi connectivity index (χ1v) is 5.80. The summed E-state index contributed by atoms with van der Waals surface area (Å²) in [6.07, 6.45) is 3.41. The first-order valence-electron chi connectivity index (χ1n) is 4.16. The van der Waals surface area contributed by atoms with Crippen molar-refractivity contribution in [2.24, 2.45) is 0 Å². The minimum absolute atomic E-state index is 1.05. The van der Waals surface area contributed by atoms with Crippen LogP contribution in [0.5, 0.6) is 0 Å². The Morgan fingerprint density at radius 2 is 1.92 bits per heavy atom. The first kappa shape index (κ1) is 9.74. The number of unbranched alkanes of at least 4 members (excludes halogenated alkanes) is 1. The van der Waals surface area contributed by atoms with Crippen LogP contribution in [0.1, 0.15) is 18.4 Å². The molecule has 0 aliphatic carbocycles. The van der Waals surface area contributed by atoms with Crippen LogP contribution in [0.25, 0.3) is 0 Å². The summed E-state index contributed by atoms with van der Waals surface area (Å²) < 4.78 is 3.03. The summed E-state index contributed by atoms with van der Waals surface area (Å²) in [7, 11) is 0. The van der Waals surface area contributed by atoms with Gasteiger partial charge in [-0.05, 0) is 0 Å². The number of rotatable bonds is 3. The van der Waals surface area contributed by atoms with Gasteiger partial charge in [-0.3, -0.25) is 0 Å². The van der Waals surface area contributed by atoms with E-state index in [1.807, 2.05) is 0 Å². The van der Waals surface area contributed by atoms with Crippen LogP contribution in [0, 0.1) is 9.60 Å². The Hall–Kier alpha value is -0.350. The molecule has 0 atom stereocenters. The minimum atomic E-state index is 1.05. The van der Waals surface area contributed by atoms with E-state index in [4.69, 9.17) is 0 Å². The summed E-state index contributed by atoms with van der Waals surface area (Å²) in [5.74, 6) is 3.13. The number of aryl methyl sites for hydroxylation is 1. The van der Waals surface area contributed by atoms with Gasteiger partial charge >= 0.3 is 89.1 Å². The van der Waals surface area contributed by atoms with Gasteiger partial charge in [-0.15, -0.1) is 0 Å². The molecule has 12 heavy (non-hydrogen) atoms. The van der Waals surface area contributed by atoms with Crippen molar-refractivity contribution >= 4 is 24.4 Å². The number of benzene rings is 1. The van der Waals surface area contributed by atoms with Crippen LogP contribution in [-0.2, 0) is 6.42 Å². The molecule has 0 aliphatic rings. The third kappa shape index (κ3) is 3.88. The molecule has 0 saturated heterocycles. The van der Waals surface area contributed by atoms with E-state index < -0.39 is 0 Å². The molecule has 0 aromatic heterocycles. The van der Waals surface area contributed by atoms with Gasteiger partial charge in [0.25, 0.3) is 0 Å². The van der Waals surface area contributed by atoms with Crippen molar-refractivity contribution < 1.29 is 0 Å². The van der Waals surface area contributed by atoms with Gasteiger partial charge < -0.3 is 0 Å². The predicted octanol–water partition coefficient (Wildman–Crippen LogP) is 2.14. The standard InChI is InChI=1S/C11H11.In/c1-2-3-5-8-11-9-6-4-7-10-11;/h4,6-7,9-10H,3,5,8H2;. The Morgan fingerprint density at radius 1 is 1.17 bits per heavy atom. The summed E-state index contributed by atoms with van der Waals surface area (Å²) in [5.41, 5.74) is 1.42. The van der Waals surface area contributed by atoms with E-state index >= 15 is 0 Å². The van der Waals surface area contributed by atoms with Gasteiger partial charge in [-0.2, -0.15) is 0 Å². The Bertz CT molecular complexity index is 266. The molecular weight excluding hydrogens is 247 g/mol. The fourth-order valence-electron chi connectivity index (χ4n) is 1.10. The molecule has 0 unspecified atom stereocenters. The van der Waals surface area contributed by atoms with Crippen LogP contribution < -0.4 is 0 Å². The molecular formula is C11H11In. The molecule has 0 spiro atoms. The topological polar surface area (TPSA) is 0 Å². The quantitative estimate of drug-likeness (QED) is 0.575. The van der Waals surface area contributed by atoms with Gasteiger partial charge in [0.05, 0.1) is 0 Å². The van der Waals surface area contributed by atoms with Crippen LogP contribution in [0.4, 0.5) is 0 Å². The zero-order valence-corrected chi connectivity index (χ0v) is 10.4. The summed E-state index contributed by atoms with van der Waals surface area (Å²) in [5, 5.41) is 0. The third-order valence-electron chi connectivity index (χ3n) is 1.71. The molecule has 1 heteroatoms. The maximum absolute atomic E-state index is 3.13. The molecule has 2 radical (unpaired) electrons. The van der Waals surface area contributed by atoms with Crippen molar-refractivity contribution in [1.29, 1.82) is 0 Å². The van der Waals surface area contributed by atoms with Gasteiger partial charge in [-0.1, -0.05) is 0 Å². The molecule has 0 heterocycles. The van der Waals surface area contributed by atoms with Crippen molar-refractivity contribution in [2.45, 2.75) is 19.3 Å². The van der Waals surface area contributed by atoms with Crippen molar-refractivity contribution in [1.82, 2.24) is 0 Å². The molecule has 0 aliphatic heterocycles. The molecule has 0 N–H and O–H groups in total. The molecule has 0 fully saturated rings. The van der Waals surface area contributed by atoms with Gasteiger partial charge in [0.2, 0.25) is 0 Å². The number of hydrogen-bond donors (Lipinski definition) is 0. The molecule has 1 aromatic rings. The Kier molecular flexibility index (Phi) is 5.03. The number of hydrogen-bond acceptors (Lipinski definition) is 0. The fraction of sp³-hybridized carbons (Fsp3) is 0.273. The Morgan fingerprint density at radius 3 is 2.58 bits per heavy atom. The SMILES string of the molecule is [In][C]#CCCCc1ccccc1. The Labute approximate surface area is 88.9 Å². The Balaban J connectivity index is 2.27. The second kappa shape index (κ2) is 6.20. The van der Waals surface area contributed by atoms with Crippen molar-refractivity contribution in [2.75, 3.05) is 0 Å². The monoisotopic (exact) mass is 258 g/mol. The molecule has 0 saturated carbocycles. The van der Waals surface area contributed by atoms with E-state index in [-0.39, 0.29) is 0 Å². The van der Waals surface area contributed by atoms with Crippen molar-refractivity contribution in [3.8, 4) is 9.60 Å². The summed E-state index contributed by atoms with van der Waals surface area (Å²) >= 11 is 1.07. The molecule has 0 nitrogen and oxygen atoms in total. The first-order chi connectivity index (χ1) is 5.93. The summed E-state index contributed by atoms with van der Waals surface area (Å²) in [6.45, 7) is 0. The van der Waals surface area contributed by atoms with E-state index in [0.29, 0.717) is 0 Å². The van der Waals surface area contributed by atoms with Gasteiger partial charge in [0.15, 0.2) is 0 Å². The van der Waals surface area contributed by atoms with Crippen LogP contribution >= 0.6 is 0 Å². The van der Waals surface area contributed by atoms with Crippen LogP contribution in [0.15, 0.2) is 30.3 Å². The van der Waals surface area contributed by atoms with E-state index in [9.17, 15) is 0 Å². The summed E-state index contributed by atoms with van der Waals surface area (Å²) in [4.78, 5) is 0. The van der Waals surface area contributed by atoms with Gasteiger partial charge in [-0.25, -0.2) is 0 Å². The van der Waals surface area contributed by atoms with E-state index in [1.165, 1.54) is 12.0 Å². The van der Waals surface area contributed by atoms with Gasteiger partial charge in [0.1, 0.15) is 0 Å². The van der Waals surface area contributed by atoms with E-state index in [0.717, 1.165) is 37.2 Å². The maximum atomic E-state index is 3.13. The molecule has 1 aromatic carbocycles. The predicted molar refractivity (Wildman–Crippen MR) is 52.9 cm³/mol. The second-order valence-electron chi connectivity index (χ2n) is 2.66. The zero-order valence-electron chi connectivity index (χ0n) is 7.09. The molecule has 0 bridgehead atoms. The zero-order chi connectivity index (χ0) is 8.65. The van der Waals surface area contributed by atoms with E-state index in [1.54, 1.807) is 0 Å². The summed E-state index contributed by atoms with van der Waals surface area (Å²) in [6, 6.07) is 10.6. The third-order valence-corrected chi connectivity index (χ3v) is 2.29. The normalized spacial score (nSPS) is 8.67. The molecule has 58 valence electrons. The van der Waals surface area contributed by atoms with Crippen LogP contribution in [0.2, 0.25) is 0 Å². The fourth-order valence-corrected chi connectivity index (χ4v) is 1.51. The van der Waals surface area contributed by atoms with Crippen LogP contribution in [0.3, 0.4) is 0 Å². The van der Waals surface area contributed by atoms with Crippen LogP contribution in [-0.4, -0.2) is 24.4 Å². The average Bonchev–Trinajstić information content (AvgIpc) is 2.14. The average molecular weight is 258 g/mol. The molecule has 0 amide bonds. The van der Waals surface area contributed by atoms with Gasteiger partial charge in [0, 0.05) is 0 Å². The molecule has 1 rings (SSSR count). The van der Waals surface area contributed by atoms with Crippen molar-refractivity contribution in [3.63, 3.8) is 0 Å². The second-order valence-corrected chi connectivity index (χ2v) is 3.48.